The molecule has 21 heavy (non-hydrogen) atoms. The molecule has 3 N–H and O–H groups in total. The Morgan fingerprint density at radius 3 is 2.62 bits per heavy atom. The molecule has 0 amide bonds. The molecule has 0 aromatic heterocycles. The molecule has 0 fully saturated rings. The number of hydrogen-bond donors (Lipinski definition) is 2. The van der Waals surface area contributed by atoms with Gasteiger partial charge in [0.25, 0.3) is 0 Å². The van der Waals surface area contributed by atoms with Gasteiger partial charge in [-0.1, -0.05) is 45.7 Å². The van der Waals surface area contributed by atoms with Gasteiger partial charge in [-0.3, -0.25) is 0 Å². The Balaban J connectivity index is 2.43. The van der Waals surface area contributed by atoms with Crippen LogP contribution in [0, 0.1) is 12.7 Å². The monoisotopic (exact) mass is 371 g/mol. The molecule has 0 saturated carbocycles. The zero-order valence-electron chi connectivity index (χ0n) is 11.5. The maximum atomic E-state index is 13.2. The van der Waals surface area contributed by atoms with Crippen LogP contribution in [0.3, 0.4) is 0 Å². The van der Waals surface area contributed by atoms with Crippen molar-refractivity contribution < 1.29 is 9.50 Å². The average Bonchev–Trinajstić information content (AvgIpc) is 2.44. The third kappa shape index (κ3) is 3.46. The minimum atomic E-state index is -0.810. The van der Waals surface area contributed by atoms with E-state index in [1.54, 1.807) is 6.07 Å². The number of hydrogen-bond acceptors (Lipinski definition) is 2. The summed E-state index contributed by atoms with van der Waals surface area (Å²) >= 11 is 9.54. The molecule has 2 aromatic carbocycles. The fourth-order valence-corrected chi connectivity index (χ4v) is 3.08. The van der Waals surface area contributed by atoms with E-state index >= 15 is 0 Å². The van der Waals surface area contributed by atoms with Gasteiger partial charge in [-0.2, -0.15) is 0 Å². The van der Waals surface area contributed by atoms with Crippen molar-refractivity contribution in [2.45, 2.75) is 18.9 Å². The van der Waals surface area contributed by atoms with Gasteiger partial charge < -0.3 is 10.8 Å². The van der Waals surface area contributed by atoms with E-state index in [2.05, 4.69) is 15.9 Å². The van der Waals surface area contributed by atoms with Gasteiger partial charge in [-0.05, 0) is 41.8 Å². The van der Waals surface area contributed by atoms with Crippen LogP contribution >= 0.6 is 27.5 Å². The number of benzene rings is 2. The van der Waals surface area contributed by atoms with Crippen LogP contribution in [0.4, 0.5) is 4.39 Å². The summed E-state index contributed by atoms with van der Waals surface area (Å²) in [5.74, 6) is -0.807. The molecule has 2 atom stereocenters. The largest absolute Gasteiger partial charge is 0.388 e. The van der Waals surface area contributed by atoms with E-state index in [1.807, 2.05) is 25.1 Å². The molecule has 0 bridgehead atoms. The average molecular weight is 373 g/mol. The minimum absolute atomic E-state index is 0.207. The summed E-state index contributed by atoms with van der Waals surface area (Å²) in [6, 6.07) is 9.75. The maximum absolute atomic E-state index is 13.2. The van der Waals surface area contributed by atoms with Crippen molar-refractivity contribution in [1.82, 2.24) is 0 Å². The van der Waals surface area contributed by atoms with Gasteiger partial charge in [0.2, 0.25) is 0 Å². The van der Waals surface area contributed by atoms with Crippen LogP contribution in [-0.4, -0.2) is 11.7 Å². The minimum Gasteiger partial charge on any atom is -0.388 e. The van der Waals surface area contributed by atoms with Crippen LogP contribution in [0.5, 0.6) is 0 Å². The van der Waals surface area contributed by atoms with Crippen molar-refractivity contribution in [3.63, 3.8) is 0 Å². The first kappa shape index (κ1) is 16.4. The van der Waals surface area contributed by atoms with E-state index in [0.717, 1.165) is 15.6 Å². The third-order valence-corrected chi connectivity index (χ3v) is 4.81. The van der Waals surface area contributed by atoms with Crippen LogP contribution in [-0.2, 0) is 0 Å². The fourth-order valence-electron chi connectivity index (χ4n) is 2.39. The Bertz CT molecular complexity index is 650. The van der Waals surface area contributed by atoms with Gasteiger partial charge in [-0.15, -0.1) is 0 Å². The van der Waals surface area contributed by atoms with Gasteiger partial charge in [0.05, 0.1) is 6.10 Å². The van der Waals surface area contributed by atoms with Crippen molar-refractivity contribution in [2.75, 3.05) is 6.54 Å². The molecule has 0 saturated heterocycles. The van der Waals surface area contributed by atoms with E-state index < -0.39 is 17.8 Å². The number of aliphatic hydroxyl groups is 1. The lowest BCUT2D eigenvalue weighted by Crippen LogP contribution is -2.21. The van der Waals surface area contributed by atoms with E-state index in [0.29, 0.717) is 5.56 Å². The van der Waals surface area contributed by atoms with Crippen LogP contribution < -0.4 is 5.73 Å². The molecule has 112 valence electrons. The van der Waals surface area contributed by atoms with Crippen molar-refractivity contribution in [3.05, 3.63) is 68.4 Å². The SMILES string of the molecule is Cc1c(Br)cccc1C(O)C(CN)c1ccc(F)cc1Cl. The number of nitrogens with two attached hydrogens (primary N) is 1. The Morgan fingerprint density at radius 2 is 2.00 bits per heavy atom. The Morgan fingerprint density at radius 1 is 1.29 bits per heavy atom. The van der Waals surface area contributed by atoms with Gasteiger partial charge in [0.15, 0.2) is 0 Å². The highest BCUT2D eigenvalue weighted by atomic mass is 79.9. The highest BCUT2D eigenvalue weighted by Gasteiger charge is 2.25. The van der Waals surface area contributed by atoms with Crippen LogP contribution in [0.2, 0.25) is 5.02 Å². The standard InChI is InChI=1S/C16H16BrClFNO/c1-9-11(3-2-4-14(9)17)16(21)13(8-20)12-6-5-10(19)7-15(12)18/h2-7,13,16,21H,8,20H2,1H3. The highest BCUT2D eigenvalue weighted by molar-refractivity contribution is 9.10. The zero-order chi connectivity index (χ0) is 15.6. The lowest BCUT2D eigenvalue weighted by atomic mass is 9.87. The molecule has 0 spiro atoms. The molecular weight excluding hydrogens is 357 g/mol. The van der Waals surface area contributed by atoms with Gasteiger partial charge >= 0.3 is 0 Å². The second kappa shape index (κ2) is 6.88. The quantitative estimate of drug-likeness (QED) is 0.839. The molecule has 0 aliphatic rings. The lowest BCUT2D eigenvalue weighted by molar-refractivity contribution is 0.146. The van der Waals surface area contributed by atoms with Crippen molar-refractivity contribution >= 4 is 27.5 Å². The molecule has 0 heterocycles. The zero-order valence-corrected chi connectivity index (χ0v) is 13.8. The summed E-state index contributed by atoms with van der Waals surface area (Å²) in [5.41, 5.74) is 8.18. The molecule has 5 heteroatoms. The Hall–Kier alpha value is -0.940. The second-order valence-electron chi connectivity index (χ2n) is 4.91. The van der Waals surface area contributed by atoms with E-state index in [4.69, 9.17) is 17.3 Å². The summed E-state index contributed by atoms with van der Waals surface area (Å²) in [5, 5.41) is 11.0. The van der Waals surface area contributed by atoms with Crippen LogP contribution in [0.25, 0.3) is 0 Å². The third-order valence-electron chi connectivity index (χ3n) is 3.63. The molecule has 0 aliphatic carbocycles. The summed E-state index contributed by atoms with van der Waals surface area (Å²) in [6.45, 7) is 2.13. The Kier molecular flexibility index (Phi) is 5.38. The maximum Gasteiger partial charge on any atom is 0.124 e. The molecule has 2 nitrogen and oxygen atoms in total. The van der Waals surface area contributed by atoms with Crippen molar-refractivity contribution in [3.8, 4) is 0 Å². The van der Waals surface area contributed by atoms with Crippen LogP contribution in [0.1, 0.15) is 28.7 Å². The van der Waals surface area contributed by atoms with E-state index in [-0.39, 0.29) is 11.6 Å². The number of aliphatic hydroxyl groups excluding tert-OH is 1. The Labute approximate surface area is 136 Å². The van der Waals surface area contributed by atoms with E-state index in [1.165, 1.54) is 12.1 Å². The highest BCUT2D eigenvalue weighted by Crippen LogP contribution is 2.36. The molecule has 2 rings (SSSR count). The second-order valence-corrected chi connectivity index (χ2v) is 6.17. The van der Waals surface area contributed by atoms with Crippen molar-refractivity contribution in [1.29, 1.82) is 0 Å². The van der Waals surface area contributed by atoms with Gasteiger partial charge in [0, 0.05) is 22.0 Å². The molecule has 0 aliphatic heterocycles. The van der Waals surface area contributed by atoms with Gasteiger partial charge in [0.1, 0.15) is 5.82 Å². The predicted octanol–water partition coefficient (Wildman–Crippen LogP) is 4.33. The molecule has 2 unspecified atom stereocenters. The summed E-state index contributed by atoms with van der Waals surface area (Å²) in [7, 11) is 0. The first-order valence-electron chi connectivity index (χ1n) is 6.53. The summed E-state index contributed by atoms with van der Waals surface area (Å²) in [4.78, 5) is 0. The fraction of sp³-hybridized carbons (Fsp3) is 0.250. The lowest BCUT2D eigenvalue weighted by Gasteiger charge is -2.25. The van der Waals surface area contributed by atoms with Crippen molar-refractivity contribution in [2.24, 2.45) is 5.73 Å². The summed E-state index contributed by atoms with van der Waals surface area (Å²) in [6.07, 6.45) is -0.810. The van der Waals surface area contributed by atoms with E-state index in [9.17, 15) is 9.50 Å². The molecule has 0 radical (unpaired) electrons. The first-order chi connectivity index (χ1) is 9.95. The smallest absolute Gasteiger partial charge is 0.124 e. The predicted molar refractivity (Wildman–Crippen MR) is 87.0 cm³/mol. The molecular formula is C16H16BrClFNO. The number of rotatable bonds is 4. The van der Waals surface area contributed by atoms with Crippen LogP contribution in [0.15, 0.2) is 40.9 Å². The van der Waals surface area contributed by atoms with Gasteiger partial charge in [-0.25, -0.2) is 4.39 Å². The number of halogens is 3. The topological polar surface area (TPSA) is 46.2 Å². The first-order valence-corrected chi connectivity index (χ1v) is 7.71. The molecule has 2 aromatic rings. The summed E-state index contributed by atoms with van der Waals surface area (Å²) < 4.78 is 14.1. The normalized spacial score (nSPS) is 14.0.